The number of halogens is 2. The molecule has 0 bridgehead atoms. The third-order valence-electron chi connectivity index (χ3n) is 1.57. The van der Waals surface area contributed by atoms with E-state index < -0.39 is 5.82 Å². The molecular formula is C9H11ClFNO. The van der Waals surface area contributed by atoms with Crippen LogP contribution in [0.5, 0.6) is 0 Å². The summed E-state index contributed by atoms with van der Waals surface area (Å²) < 4.78 is 18.0. The van der Waals surface area contributed by atoms with E-state index in [1.54, 1.807) is 19.2 Å². The van der Waals surface area contributed by atoms with Crippen molar-refractivity contribution < 1.29 is 9.13 Å². The van der Waals surface area contributed by atoms with Crippen molar-refractivity contribution in [2.75, 3.05) is 25.6 Å². The first-order valence-electron chi connectivity index (χ1n) is 3.92. The monoisotopic (exact) mass is 203 g/mol. The largest absolute Gasteiger partial charge is 0.383 e. The van der Waals surface area contributed by atoms with Crippen LogP contribution < -0.4 is 5.32 Å². The van der Waals surface area contributed by atoms with Crippen LogP contribution in [0.25, 0.3) is 0 Å². The first kappa shape index (κ1) is 10.3. The van der Waals surface area contributed by atoms with Gasteiger partial charge in [-0.2, -0.15) is 0 Å². The number of benzene rings is 1. The highest BCUT2D eigenvalue weighted by atomic mass is 35.5. The third-order valence-corrected chi connectivity index (χ3v) is 1.87. The predicted molar refractivity (Wildman–Crippen MR) is 51.8 cm³/mol. The average molecular weight is 204 g/mol. The van der Waals surface area contributed by atoms with Crippen molar-refractivity contribution in [3.05, 3.63) is 29.0 Å². The third kappa shape index (κ3) is 2.86. The maximum atomic E-state index is 13.2. The van der Waals surface area contributed by atoms with Crippen LogP contribution in [-0.4, -0.2) is 20.3 Å². The van der Waals surface area contributed by atoms with Crippen molar-refractivity contribution in [1.82, 2.24) is 0 Å². The van der Waals surface area contributed by atoms with Crippen LogP contribution in [0, 0.1) is 5.82 Å². The van der Waals surface area contributed by atoms with Crippen molar-refractivity contribution in [2.24, 2.45) is 0 Å². The molecule has 0 unspecified atom stereocenters. The van der Waals surface area contributed by atoms with Crippen LogP contribution in [0.3, 0.4) is 0 Å². The van der Waals surface area contributed by atoms with Crippen LogP contribution in [0.1, 0.15) is 0 Å². The zero-order valence-electron chi connectivity index (χ0n) is 7.31. The second kappa shape index (κ2) is 5.04. The van der Waals surface area contributed by atoms with Gasteiger partial charge in [-0.25, -0.2) is 4.39 Å². The van der Waals surface area contributed by atoms with Gasteiger partial charge in [0.25, 0.3) is 0 Å². The van der Waals surface area contributed by atoms with E-state index in [2.05, 4.69) is 5.32 Å². The van der Waals surface area contributed by atoms with E-state index in [0.717, 1.165) is 0 Å². The van der Waals surface area contributed by atoms with Gasteiger partial charge in [0.1, 0.15) is 0 Å². The number of nitrogens with one attached hydrogen (secondary N) is 1. The molecule has 0 saturated carbocycles. The summed E-state index contributed by atoms with van der Waals surface area (Å²) in [4.78, 5) is 0. The fraction of sp³-hybridized carbons (Fsp3) is 0.333. The standard InChI is InChI=1S/C9H11ClFNO/c1-13-6-5-12-8-4-2-3-7(10)9(8)11/h2-4,12H,5-6H2,1H3. The Bertz CT molecular complexity index is 280. The molecule has 0 aliphatic rings. The minimum atomic E-state index is -0.416. The summed E-state index contributed by atoms with van der Waals surface area (Å²) in [7, 11) is 1.59. The normalized spacial score (nSPS) is 10.1. The highest BCUT2D eigenvalue weighted by Gasteiger charge is 2.04. The lowest BCUT2D eigenvalue weighted by Crippen LogP contribution is -2.08. The molecule has 0 saturated heterocycles. The zero-order chi connectivity index (χ0) is 9.68. The number of ether oxygens (including phenoxy) is 1. The van der Waals surface area contributed by atoms with E-state index in [1.165, 1.54) is 6.07 Å². The number of hydrogen-bond acceptors (Lipinski definition) is 2. The Labute approximate surface area is 81.7 Å². The molecule has 0 radical (unpaired) electrons. The molecule has 1 aromatic rings. The first-order chi connectivity index (χ1) is 6.25. The molecule has 0 aliphatic heterocycles. The van der Waals surface area contributed by atoms with Crippen LogP contribution in [0.2, 0.25) is 5.02 Å². The minimum Gasteiger partial charge on any atom is -0.383 e. The fourth-order valence-corrected chi connectivity index (χ4v) is 1.10. The van der Waals surface area contributed by atoms with Gasteiger partial charge >= 0.3 is 0 Å². The molecule has 0 aliphatic carbocycles. The first-order valence-corrected chi connectivity index (χ1v) is 4.30. The van der Waals surface area contributed by atoms with E-state index in [1.807, 2.05) is 0 Å². The SMILES string of the molecule is COCCNc1cccc(Cl)c1F. The molecule has 1 aromatic carbocycles. The van der Waals surface area contributed by atoms with Gasteiger partial charge in [0.05, 0.1) is 17.3 Å². The molecule has 2 nitrogen and oxygen atoms in total. The van der Waals surface area contributed by atoms with E-state index in [4.69, 9.17) is 16.3 Å². The van der Waals surface area contributed by atoms with E-state index in [0.29, 0.717) is 18.8 Å². The smallest absolute Gasteiger partial charge is 0.164 e. The van der Waals surface area contributed by atoms with Crippen molar-refractivity contribution >= 4 is 17.3 Å². The average Bonchev–Trinajstić information content (AvgIpc) is 2.13. The molecule has 4 heteroatoms. The van der Waals surface area contributed by atoms with Gasteiger partial charge in [0.2, 0.25) is 0 Å². The van der Waals surface area contributed by atoms with Crippen molar-refractivity contribution in [2.45, 2.75) is 0 Å². The quantitative estimate of drug-likeness (QED) is 0.760. The Morgan fingerprint density at radius 1 is 1.54 bits per heavy atom. The molecule has 1 rings (SSSR count). The second-order valence-electron chi connectivity index (χ2n) is 2.52. The Balaban J connectivity index is 2.61. The topological polar surface area (TPSA) is 21.3 Å². The molecule has 1 N–H and O–H groups in total. The van der Waals surface area contributed by atoms with Crippen LogP contribution in [0.15, 0.2) is 18.2 Å². The van der Waals surface area contributed by atoms with E-state index in [9.17, 15) is 4.39 Å². The summed E-state index contributed by atoms with van der Waals surface area (Å²) >= 11 is 5.58. The molecule has 0 fully saturated rings. The molecule has 0 spiro atoms. The number of anilines is 1. The lowest BCUT2D eigenvalue weighted by atomic mass is 10.3. The van der Waals surface area contributed by atoms with Crippen molar-refractivity contribution in [3.8, 4) is 0 Å². The van der Waals surface area contributed by atoms with Gasteiger partial charge < -0.3 is 10.1 Å². The Morgan fingerprint density at radius 2 is 2.31 bits per heavy atom. The fourth-order valence-electron chi connectivity index (χ4n) is 0.928. The van der Waals surface area contributed by atoms with E-state index in [-0.39, 0.29) is 5.02 Å². The molecule has 72 valence electrons. The van der Waals surface area contributed by atoms with Gasteiger partial charge in [-0.3, -0.25) is 0 Å². The zero-order valence-corrected chi connectivity index (χ0v) is 8.07. The minimum absolute atomic E-state index is 0.127. The van der Waals surface area contributed by atoms with Crippen LogP contribution >= 0.6 is 11.6 Å². The maximum absolute atomic E-state index is 13.2. The molecular weight excluding hydrogens is 193 g/mol. The summed E-state index contributed by atoms with van der Waals surface area (Å²) in [5.74, 6) is -0.416. The number of hydrogen-bond donors (Lipinski definition) is 1. The van der Waals surface area contributed by atoms with Crippen molar-refractivity contribution in [1.29, 1.82) is 0 Å². The number of rotatable bonds is 4. The highest BCUT2D eigenvalue weighted by Crippen LogP contribution is 2.21. The van der Waals surface area contributed by atoms with Crippen molar-refractivity contribution in [3.63, 3.8) is 0 Å². The van der Waals surface area contributed by atoms with Crippen LogP contribution in [-0.2, 0) is 4.74 Å². The van der Waals surface area contributed by atoms with Gasteiger partial charge in [0, 0.05) is 13.7 Å². The highest BCUT2D eigenvalue weighted by molar-refractivity contribution is 6.31. The summed E-state index contributed by atoms with van der Waals surface area (Å²) in [6.07, 6.45) is 0. The molecule has 0 atom stereocenters. The van der Waals surface area contributed by atoms with Gasteiger partial charge in [-0.1, -0.05) is 17.7 Å². The maximum Gasteiger partial charge on any atom is 0.164 e. The lowest BCUT2D eigenvalue weighted by Gasteiger charge is -2.06. The number of methoxy groups -OCH3 is 1. The molecule has 13 heavy (non-hydrogen) atoms. The van der Waals surface area contributed by atoms with Gasteiger partial charge in [-0.05, 0) is 12.1 Å². The van der Waals surface area contributed by atoms with Gasteiger partial charge in [0.15, 0.2) is 5.82 Å². The summed E-state index contributed by atoms with van der Waals surface area (Å²) in [6, 6.07) is 4.84. The molecule has 0 heterocycles. The van der Waals surface area contributed by atoms with Gasteiger partial charge in [-0.15, -0.1) is 0 Å². The van der Waals surface area contributed by atoms with E-state index >= 15 is 0 Å². The second-order valence-corrected chi connectivity index (χ2v) is 2.93. The Kier molecular flexibility index (Phi) is 3.99. The summed E-state index contributed by atoms with van der Waals surface area (Å²) in [6.45, 7) is 1.10. The molecule has 0 aromatic heterocycles. The Hall–Kier alpha value is -0.800. The Morgan fingerprint density at radius 3 is 3.00 bits per heavy atom. The molecule has 0 amide bonds. The summed E-state index contributed by atoms with van der Waals surface area (Å²) in [5, 5.41) is 3.00. The lowest BCUT2D eigenvalue weighted by molar-refractivity contribution is 0.210. The van der Waals surface area contributed by atoms with Crippen LogP contribution in [0.4, 0.5) is 10.1 Å². The summed E-state index contributed by atoms with van der Waals surface area (Å²) in [5.41, 5.74) is 0.407. The predicted octanol–water partition coefficient (Wildman–Crippen LogP) is 2.54.